The van der Waals surface area contributed by atoms with E-state index in [9.17, 15) is 22.0 Å². The van der Waals surface area contributed by atoms with Crippen molar-refractivity contribution in [3.05, 3.63) is 54.1 Å². The number of carbonyl (C=O) groups excluding carboxylic acids is 1. The maximum Gasteiger partial charge on any atom is 0.262 e. The van der Waals surface area contributed by atoms with Crippen molar-refractivity contribution in [3.63, 3.8) is 0 Å². The van der Waals surface area contributed by atoms with Crippen LogP contribution in [0.3, 0.4) is 0 Å². The summed E-state index contributed by atoms with van der Waals surface area (Å²) in [6.45, 7) is -0.486. The predicted molar refractivity (Wildman–Crippen MR) is 99.5 cm³/mol. The molecule has 1 fully saturated rings. The van der Waals surface area contributed by atoms with Gasteiger partial charge in [-0.3, -0.25) is 4.79 Å². The van der Waals surface area contributed by atoms with Gasteiger partial charge in [-0.05, 0) is 49.2 Å². The molecule has 3 rings (SSSR count). The van der Waals surface area contributed by atoms with E-state index in [1.807, 2.05) is 0 Å². The first-order chi connectivity index (χ1) is 13.3. The van der Waals surface area contributed by atoms with Crippen LogP contribution in [0.2, 0.25) is 0 Å². The van der Waals surface area contributed by atoms with Gasteiger partial charge >= 0.3 is 0 Å². The molecule has 2 aromatic rings. The van der Waals surface area contributed by atoms with Crippen molar-refractivity contribution < 1.29 is 26.7 Å². The molecule has 0 aromatic heterocycles. The zero-order valence-electron chi connectivity index (χ0n) is 15.0. The SMILES string of the molecule is O=C(COc1ccc(S(=O)(=O)NC2CCCC2)cc1)Nc1c(F)cccc1F. The van der Waals surface area contributed by atoms with Crippen molar-refractivity contribution in [3.8, 4) is 5.75 Å². The van der Waals surface area contributed by atoms with E-state index in [0.29, 0.717) is 0 Å². The first-order valence-corrected chi connectivity index (χ1v) is 10.3. The molecule has 28 heavy (non-hydrogen) atoms. The number of rotatable bonds is 7. The number of hydrogen-bond acceptors (Lipinski definition) is 4. The molecule has 1 aliphatic carbocycles. The monoisotopic (exact) mass is 410 g/mol. The average molecular weight is 410 g/mol. The van der Waals surface area contributed by atoms with Crippen molar-refractivity contribution in [1.82, 2.24) is 4.72 Å². The molecule has 0 heterocycles. The van der Waals surface area contributed by atoms with Crippen LogP contribution in [-0.4, -0.2) is 27.0 Å². The number of sulfonamides is 1. The quantitative estimate of drug-likeness (QED) is 0.734. The second-order valence-corrected chi connectivity index (χ2v) is 8.22. The molecule has 0 bridgehead atoms. The van der Waals surface area contributed by atoms with Gasteiger partial charge in [0.15, 0.2) is 6.61 Å². The van der Waals surface area contributed by atoms with Gasteiger partial charge in [0.25, 0.3) is 5.91 Å². The van der Waals surface area contributed by atoms with Crippen LogP contribution in [-0.2, 0) is 14.8 Å². The molecule has 1 amide bonds. The van der Waals surface area contributed by atoms with Gasteiger partial charge < -0.3 is 10.1 Å². The fourth-order valence-corrected chi connectivity index (χ4v) is 4.29. The minimum Gasteiger partial charge on any atom is -0.484 e. The highest BCUT2D eigenvalue weighted by Crippen LogP contribution is 2.22. The van der Waals surface area contributed by atoms with Gasteiger partial charge in [0.2, 0.25) is 10.0 Å². The zero-order chi connectivity index (χ0) is 20.1. The molecule has 0 aliphatic heterocycles. The van der Waals surface area contributed by atoms with Crippen molar-refractivity contribution in [1.29, 1.82) is 0 Å². The summed E-state index contributed by atoms with van der Waals surface area (Å²) in [7, 11) is -3.61. The molecule has 2 aromatic carbocycles. The molecular formula is C19H20F2N2O4S. The highest BCUT2D eigenvalue weighted by Gasteiger charge is 2.22. The van der Waals surface area contributed by atoms with Gasteiger partial charge in [-0.25, -0.2) is 21.9 Å². The Kier molecular flexibility index (Phi) is 6.25. The number of carbonyl (C=O) groups is 1. The van der Waals surface area contributed by atoms with E-state index in [4.69, 9.17) is 4.74 Å². The normalized spacial score (nSPS) is 14.8. The maximum absolute atomic E-state index is 13.5. The van der Waals surface area contributed by atoms with Crippen LogP contribution in [0.25, 0.3) is 0 Å². The van der Waals surface area contributed by atoms with Gasteiger partial charge in [0, 0.05) is 6.04 Å². The van der Waals surface area contributed by atoms with E-state index in [-0.39, 0.29) is 16.7 Å². The van der Waals surface area contributed by atoms with Crippen LogP contribution in [0.15, 0.2) is 47.4 Å². The third-order valence-corrected chi connectivity index (χ3v) is 5.94. The summed E-state index contributed by atoms with van der Waals surface area (Å²) < 4.78 is 59.6. The third-order valence-electron chi connectivity index (χ3n) is 4.41. The highest BCUT2D eigenvalue weighted by atomic mass is 32.2. The van der Waals surface area contributed by atoms with E-state index in [1.54, 1.807) is 0 Å². The number of benzene rings is 2. The zero-order valence-corrected chi connectivity index (χ0v) is 15.8. The lowest BCUT2D eigenvalue weighted by Crippen LogP contribution is -2.32. The lowest BCUT2D eigenvalue weighted by molar-refractivity contribution is -0.118. The lowest BCUT2D eigenvalue weighted by atomic mass is 10.3. The fraction of sp³-hybridized carbons (Fsp3) is 0.316. The molecule has 1 aliphatic rings. The number of amides is 1. The van der Waals surface area contributed by atoms with Crippen molar-refractivity contribution >= 4 is 21.6 Å². The summed E-state index contributed by atoms with van der Waals surface area (Å²) in [6.07, 6.45) is 3.69. The number of ether oxygens (including phenoxy) is 1. The Balaban J connectivity index is 1.56. The van der Waals surface area contributed by atoms with Crippen LogP contribution >= 0.6 is 0 Å². The number of nitrogens with one attached hydrogen (secondary N) is 2. The van der Waals surface area contributed by atoms with Crippen molar-refractivity contribution in [2.45, 2.75) is 36.6 Å². The first kappa shape index (κ1) is 20.2. The molecule has 2 N–H and O–H groups in total. The third kappa shape index (κ3) is 5.05. The van der Waals surface area contributed by atoms with E-state index in [1.165, 1.54) is 30.3 Å². The average Bonchev–Trinajstić information content (AvgIpc) is 3.16. The standard InChI is InChI=1S/C19H20F2N2O4S/c20-16-6-3-7-17(21)19(16)22-18(24)12-27-14-8-10-15(11-9-14)28(25,26)23-13-4-1-2-5-13/h3,6-11,13,23H,1-2,4-5,12H2,(H,22,24). The van der Waals surface area contributed by atoms with Crippen LogP contribution in [0, 0.1) is 11.6 Å². The Hall–Kier alpha value is -2.52. The molecule has 0 saturated heterocycles. The van der Waals surface area contributed by atoms with E-state index in [0.717, 1.165) is 37.8 Å². The van der Waals surface area contributed by atoms with E-state index < -0.39 is 39.9 Å². The summed E-state index contributed by atoms with van der Waals surface area (Å²) in [4.78, 5) is 11.9. The van der Waals surface area contributed by atoms with Crippen LogP contribution in [0.4, 0.5) is 14.5 Å². The highest BCUT2D eigenvalue weighted by molar-refractivity contribution is 7.89. The van der Waals surface area contributed by atoms with Crippen LogP contribution in [0.5, 0.6) is 5.75 Å². The van der Waals surface area contributed by atoms with Gasteiger partial charge in [0.05, 0.1) is 4.90 Å². The second-order valence-electron chi connectivity index (χ2n) is 6.51. The van der Waals surface area contributed by atoms with Gasteiger partial charge in [-0.1, -0.05) is 18.9 Å². The Bertz CT molecular complexity index is 923. The number of halogens is 2. The summed E-state index contributed by atoms with van der Waals surface area (Å²) in [5.41, 5.74) is -0.546. The fourth-order valence-electron chi connectivity index (χ4n) is 2.99. The van der Waals surface area contributed by atoms with Crippen LogP contribution < -0.4 is 14.8 Å². The molecule has 6 nitrogen and oxygen atoms in total. The van der Waals surface area contributed by atoms with Crippen molar-refractivity contribution in [2.75, 3.05) is 11.9 Å². The topological polar surface area (TPSA) is 84.5 Å². The summed E-state index contributed by atoms with van der Waals surface area (Å²) in [5.74, 6) is -2.28. The van der Waals surface area contributed by atoms with Gasteiger partial charge in [-0.2, -0.15) is 0 Å². The Labute approximate surface area is 162 Å². The molecule has 0 unspecified atom stereocenters. The number of hydrogen-bond donors (Lipinski definition) is 2. The van der Waals surface area contributed by atoms with Gasteiger partial charge in [-0.15, -0.1) is 0 Å². The number of para-hydroxylation sites is 1. The van der Waals surface area contributed by atoms with E-state index in [2.05, 4.69) is 10.0 Å². The Morgan fingerprint density at radius 3 is 2.25 bits per heavy atom. The second kappa shape index (κ2) is 8.66. The maximum atomic E-state index is 13.5. The molecule has 150 valence electrons. The summed E-state index contributed by atoms with van der Waals surface area (Å²) in [5, 5.41) is 2.10. The summed E-state index contributed by atoms with van der Waals surface area (Å²) in [6, 6.07) is 8.79. The number of anilines is 1. The molecule has 1 saturated carbocycles. The Morgan fingerprint density at radius 2 is 1.64 bits per heavy atom. The van der Waals surface area contributed by atoms with Crippen molar-refractivity contribution in [2.24, 2.45) is 0 Å². The van der Waals surface area contributed by atoms with Crippen LogP contribution in [0.1, 0.15) is 25.7 Å². The molecule has 0 atom stereocenters. The Morgan fingerprint density at radius 1 is 1.04 bits per heavy atom. The minimum absolute atomic E-state index is 0.0385. The van der Waals surface area contributed by atoms with Gasteiger partial charge in [0.1, 0.15) is 23.1 Å². The summed E-state index contributed by atoms with van der Waals surface area (Å²) >= 11 is 0. The first-order valence-electron chi connectivity index (χ1n) is 8.84. The molecule has 0 radical (unpaired) electrons. The molecular weight excluding hydrogens is 390 g/mol. The predicted octanol–water partition coefficient (Wildman–Crippen LogP) is 3.20. The smallest absolute Gasteiger partial charge is 0.262 e. The minimum atomic E-state index is -3.61. The largest absolute Gasteiger partial charge is 0.484 e. The van der Waals surface area contributed by atoms with E-state index >= 15 is 0 Å². The molecule has 0 spiro atoms. The molecule has 9 heteroatoms. The lowest BCUT2D eigenvalue weighted by Gasteiger charge is -2.13.